The van der Waals surface area contributed by atoms with E-state index in [-0.39, 0.29) is 23.1 Å². The lowest BCUT2D eigenvalue weighted by Crippen LogP contribution is -2.05. The maximum atomic E-state index is 11.2. The Morgan fingerprint density at radius 2 is 1.82 bits per heavy atom. The van der Waals surface area contributed by atoms with Crippen LogP contribution in [0.1, 0.15) is 11.3 Å². The molecule has 0 unspecified atom stereocenters. The lowest BCUT2D eigenvalue weighted by atomic mass is 10.0. The molecule has 28 heavy (non-hydrogen) atoms. The fourth-order valence-corrected chi connectivity index (χ4v) is 3.13. The van der Waals surface area contributed by atoms with Crippen molar-refractivity contribution in [1.29, 1.82) is 0 Å². The Hall–Kier alpha value is -3.33. The largest absolute Gasteiger partial charge is 0.493 e. The van der Waals surface area contributed by atoms with E-state index in [1.54, 1.807) is 12.1 Å². The highest BCUT2D eigenvalue weighted by Crippen LogP contribution is 2.43. The van der Waals surface area contributed by atoms with E-state index in [0.29, 0.717) is 39.4 Å². The molecule has 2 N–H and O–H groups in total. The summed E-state index contributed by atoms with van der Waals surface area (Å²) < 4.78 is 16.2. The van der Waals surface area contributed by atoms with E-state index in [1.807, 2.05) is 0 Å². The summed E-state index contributed by atoms with van der Waals surface area (Å²) in [7, 11) is 4.48. The smallest absolute Gasteiger partial charge is 0.288 e. The number of nitro benzene ring substituents is 1. The molecule has 0 atom stereocenters. The zero-order valence-electron chi connectivity index (χ0n) is 15.4. The quantitative estimate of drug-likeness (QED) is 0.489. The Bertz CT molecular complexity index is 1070. The highest BCUT2D eigenvalue weighted by molar-refractivity contribution is 6.32. The molecular weight excluding hydrogens is 388 g/mol. The molecule has 3 aromatic rings. The summed E-state index contributed by atoms with van der Waals surface area (Å²) in [6.45, 7) is 0. The minimum Gasteiger partial charge on any atom is -0.493 e. The molecule has 0 saturated heterocycles. The molecular formula is C18H17ClN4O5. The number of nitro groups is 1. The molecule has 10 heteroatoms. The van der Waals surface area contributed by atoms with Crippen LogP contribution in [-0.4, -0.2) is 36.2 Å². The normalized spacial score (nSPS) is 10.7. The van der Waals surface area contributed by atoms with Gasteiger partial charge in [0.15, 0.2) is 11.5 Å². The maximum absolute atomic E-state index is 11.2. The summed E-state index contributed by atoms with van der Waals surface area (Å²) in [5.41, 5.74) is 7.36. The number of aromatic nitrogens is 2. The van der Waals surface area contributed by atoms with Gasteiger partial charge in [0, 0.05) is 17.9 Å². The van der Waals surface area contributed by atoms with E-state index in [4.69, 9.17) is 31.5 Å². The Morgan fingerprint density at radius 1 is 1.11 bits per heavy atom. The number of hydrogen-bond donors (Lipinski definition) is 1. The molecule has 0 aliphatic carbocycles. The number of nitrogens with two attached hydrogens (primary N) is 1. The first kappa shape index (κ1) is 19.4. The van der Waals surface area contributed by atoms with E-state index in [1.165, 1.54) is 33.5 Å². The lowest BCUT2D eigenvalue weighted by molar-refractivity contribution is -0.384. The number of nitrogens with zero attached hydrogens (tertiary/aromatic N) is 3. The van der Waals surface area contributed by atoms with Crippen LogP contribution < -0.4 is 19.9 Å². The Kier molecular flexibility index (Phi) is 5.36. The van der Waals surface area contributed by atoms with Crippen LogP contribution in [0.4, 0.5) is 11.6 Å². The van der Waals surface area contributed by atoms with Crippen molar-refractivity contribution in [2.75, 3.05) is 27.1 Å². The van der Waals surface area contributed by atoms with Crippen molar-refractivity contribution in [3.8, 4) is 17.2 Å². The topological polar surface area (TPSA) is 123 Å². The van der Waals surface area contributed by atoms with Crippen LogP contribution >= 0.6 is 11.6 Å². The molecule has 9 nitrogen and oxygen atoms in total. The number of rotatable bonds is 6. The third-order valence-electron chi connectivity index (χ3n) is 4.17. The van der Waals surface area contributed by atoms with Crippen LogP contribution in [0.15, 0.2) is 24.3 Å². The maximum Gasteiger partial charge on any atom is 0.288 e. The van der Waals surface area contributed by atoms with Crippen molar-refractivity contribution >= 4 is 34.1 Å². The first-order chi connectivity index (χ1) is 13.4. The third-order valence-corrected chi connectivity index (χ3v) is 4.49. The van der Waals surface area contributed by atoms with Crippen molar-refractivity contribution in [2.45, 2.75) is 6.42 Å². The number of nitrogen functional groups attached to an aromatic ring is 1. The number of hydrogen-bond acceptors (Lipinski definition) is 8. The summed E-state index contributed by atoms with van der Waals surface area (Å²) in [4.78, 5) is 19.2. The van der Waals surface area contributed by atoms with Gasteiger partial charge in [-0.05, 0) is 17.7 Å². The zero-order chi connectivity index (χ0) is 20.4. The molecule has 0 aliphatic rings. The SMILES string of the molecule is COc1cc2c(Cc3ccc(Cl)c([N+](=O)[O-])c3)nc(N)nc2c(OC)c1OC. The number of halogens is 1. The molecule has 2 aromatic carbocycles. The summed E-state index contributed by atoms with van der Waals surface area (Å²) >= 11 is 5.89. The molecule has 0 fully saturated rings. The molecule has 0 saturated carbocycles. The van der Waals surface area contributed by atoms with Crippen LogP contribution in [0.3, 0.4) is 0 Å². The number of ether oxygens (including phenoxy) is 3. The van der Waals surface area contributed by atoms with Gasteiger partial charge in [0.25, 0.3) is 5.69 Å². The summed E-state index contributed by atoms with van der Waals surface area (Å²) in [5, 5.41) is 11.8. The fourth-order valence-electron chi connectivity index (χ4n) is 2.95. The average Bonchev–Trinajstić information content (AvgIpc) is 2.67. The van der Waals surface area contributed by atoms with Gasteiger partial charge in [0.1, 0.15) is 10.5 Å². The fraction of sp³-hybridized carbons (Fsp3) is 0.222. The standard InChI is InChI=1S/C18H17ClN4O5/c1-26-14-8-10-12(6-9-4-5-11(19)13(7-9)23(24)25)21-18(20)22-15(10)17(28-3)16(14)27-2/h4-5,7-8H,6H2,1-3H3,(H2,20,21,22). The Labute approximate surface area is 165 Å². The number of fused-ring (bicyclic) bond motifs is 1. The van der Waals surface area contributed by atoms with E-state index in [2.05, 4.69) is 9.97 Å². The van der Waals surface area contributed by atoms with Crippen LogP contribution in [0.5, 0.6) is 17.2 Å². The molecule has 1 aromatic heterocycles. The van der Waals surface area contributed by atoms with Gasteiger partial charge >= 0.3 is 0 Å². The van der Waals surface area contributed by atoms with Crippen molar-refractivity contribution in [3.05, 3.63) is 50.7 Å². The molecule has 3 rings (SSSR count). The molecule has 1 heterocycles. The van der Waals surface area contributed by atoms with Gasteiger partial charge < -0.3 is 19.9 Å². The van der Waals surface area contributed by atoms with Gasteiger partial charge in [0.05, 0.1) is 31.9 Å². The van der Waals surface area contributed by atoms with Crippen molar-refractivity contribution in [2.24, 2.45) is 0 Å². The van der Waals surface area contributed by atoms with Gasteiger partial charge in [-0.15, -0.1) is 0 Å². The first-order valence-electron chi connectivity index (χ1n) is 8.07. The monoisotopic (exact) mass is 404 g/mol. The second kappa shape index (κ2) is 7.73. The zero-order valence-corrected chi connectivity index (χ0v) is 16.1. The van der Waals surface area contributed by atoms with Gasteiger partial charge in [0.2, 0.25) is 11.7 Å². The van der Waals surface area contributed by atoms with E-state index < -0.39 is 4.92 Å². The van der Waals surface area contributed by atoms with Gasteiger partial charge in [-0.1, -0.05) is 17.7 Å². The van der Waals surface area contributed by atoms with Gasteiger partial charge in [-0.25, -0.2) is 9.97 Å². The average molecular weight is 405 g/mol. The highest BCUT2D eigenvalue weighted by atomic mass is 35.5. The minimum absolute atomic E-state index is 0.0384. The number of anilines is 1. The van der Waals surface area contributed by atoms with Crippen LogP contribution in [0.25, 0.3) is 10.9 Å². The Morgan fingerprint density at radius 3 is 2.43 bits per heavy atom. The van der Waals surface area contributed by atoms with Gasteiger partial charge in [-0.2, -0.15) is 0 Å². The van der Waals surface area contributed by atoms with Crippen molar-refractivity contribution < 1.29 is 19.1 Å². The van der Waals surface area contributed by atoms with E-state index in [9.17, 15) is 10.1 Å². The third kappa shape index (κ3) is 3.44. The summed E-state index contributed by atoms with van der Waals surface area (Å²) in [5.74, 6) is 1.21. The molecule has 0 bridgehead atoms. The molecule has 0 amide bonds. The van der Waals surface area contributed by atoms with Crippen LogP contribution in [0, 0.1) is 10.1 Å². The van der Waals surface area contributed by atoms with Crippen molar-refractivity contribution in [3.63, 3.8) is 0 Å². The molecule has 0 radical (unpaired) electrons. The summed E-state index contributed by atoms with van der Waals surface area (Å²) in [6, 6.07) is 6.30. The molecule has 0 aliphatic heterocycles. The first-order valence-corrected chi connectivity index (χ1v) is 8.45. The van der Waals surface area contributed by atoms with Crippen LogP contribution in [0.2, 0.25) is 5.02 Å². The highest BCUT2D eigenvalue weighted by Gasteiger charge is 2.21. The number of methoxy groups -OCH3 is 3. The Balaban J connectivity index is 2.21. The second-order valence-electron chi connectivity index (χ2n) is 5.79. The van der Waals surface area contributed by atoms with Crippen LogP contribution in [-0.2, 0) is 6.42 Å². The molecule has 146 valence electrons. The number of benzene rings is 2. The van der Waals surface area contributed by atoms with E-state index in [0.717, 1.165) is 0 Å². The summed E-state index contributed by atoms with van der Waals surface area (Å²) in [6.07, 6.45) is 0.264. The second-order valence-corrected chi connectivity index (χ2v) is 6.20. The predicted octanol–water partition coefficient (Wildman–Crippen LogP) is 3.39. The van der Waals surface area contributed by atoms with Gasteiger partial charge in [-0.3, -0.25) is 10.1 Å². The van der Waals surface area contributed by atoms with E-state index >= 15 is 0 Å². The minimum atomic E-state index is -0.533. The molecule has 0 spiro atoms. The van der Waals surface area contributed by atoms with Crippen molar-refractivity contribution in [1.82, 2.24) is 9.97 Å². The lowest BCUT2D eigenvalue weighted by Gasteiger charge is -2.16. The predicted molar refractivity (Wildman–Crippen MR) is 105 cm³/mol.